The van der Waals surface area contributed by atoms with Crippen LogP contribution in [0.15, 0.2) is 49.1 Å². The third-order valence-corrected chi connectivity index (χ3v) is 5.96. The lowest BCUT2D eigenvalue weighted by atomic mass is 10.0. The third kappa shape index (κ3) is 5.15. The first kappa shape index (κ1) is 25.2. The molecule has 4 aromatic heterocycles. The number of H-pyrrole nitrogens is 1. The van der Waals surface area contributed by atoms with Gasteiger partial charge in [-0.15, -0.1) is 0 Å². The summed E-state index contributed by atoms with van der Waals surface area (Å²) in [5.41, 5.74) is 3.12. The standard InChI is InChI=1S/C28H29N5O5/c1-16-12-22(30-14-20(16)21-15-32-24-19(21)10-11-29-25(24)26(34)36-5)33(27(35)38-28(2,3)4)17-6-9-23(31-13-17)37-18-7-8-18/h6,9-15,18,32H,7-8H2,1-5H3. The van der Waals surface area contributed by atoms with E-state index >= 15 is 0 Å². The largest absolute Gasteiger partial charge is 0.474 e. The molecule has 1 amide bonds. The van der Waals surface area contributed by atoms with Gasteiger partial charge in [0.15, 0.2) is 5.69 Å². The minimum Gasteiger partial charge on any atom is -0.474 e. The van der Waals surface area contributed by atoms with Crippen molar-refractivity contribution in [1.29, 1.82) is 0 Å². The van der Waals surface area contributed by atoms with E-state index in [0.717, 1.165) is 34.9 Å². The molecule has 1 saturated carbocycles. The number of methoxy groups -OCH3 is 1. The number of rotatable bonds is 6. The van der Waals surface area contributed by atoms with Crippen LogP contribution in [0.4, 0.5) is 16.3 Å². The van der Waals surface area contributed by atoms with Crippen molar-refractivity contribution in [3.63, 3.8) is 0 Å². The lowest BCUT2D eigenvalue weighted by Crippen LogP contribution is -2.34. The Morgan fingerprint density at radius 2 is 1.84 bits per heavy atom. The summed E-state index contributed by atoms with van der Waals surface area (Å²) in [6, 6.07) is 7.14. The van der Waals surface area contributed by atoms with E-state index in [1.54, 1.807) is 36.9 Å². The van der Waals surface area contributed by atoms with Crippen LogP contribution < -0.4 is 9.64 Å². The fraction of sp³-hybridized carbons (Fsp3) is 0.321. The predicted molar refractivity (Wildman–Crippen MR) is 142 cm³/mol. The summed E-state index contributed by atoms with van der Waals surface area (Å²) in [4.78, 5) is 43.2. The van der Waals surface area contributed by atoms with Gasteiger partial charge in [-0.05, 0) is 64.3 Å². The summed E-state index contributed by atoms with van der Waals surface area (Å²) in [7, 11) is 1.32. The van der Waals surface area contributed by atoms with Crippen molar-refractivity contribution in [2.45, 2.75) is 52.2 Å². The molecular formula is C28H29N5O5. The summed E-state index contributed by atoms with van der Waals surface area (Å²) >= 11 is 0. The topological polar surface area (TPSA) is 120 Å². The summed E-state index contributed by atoms with van der Waals surface area (Å²) in [5.74, 6) is 0.374. The lowest BCUT2D eigenvalue weighted by Gasteiger charge is -2.27. The Bertz CT molecular complexity index is 1500. The van der Waals surface area contributed by atoms with Crippen LogP contribution in [0, 0.1) is 6.92 Å². The number of fused-ring (bicyclic) bond motifs is 1. The van der Waals surface area contributed by atoms with Crippen molar-refractivity contribution in [1.82, 2.24) is 19.9 Å². The molecule has 0 aliphatic heterocycles. The van der Waals surface area contributed by atoms with E-state index in [-0.39, 0.29) is 11.8 Å². The highest BCUT2D eigenvalue weighted by Crippen LogP contribution is 2.35. The van der Waals surface area contributed by atoms with Crippen molar-refractivity contribution in [2.24, 2.45) is 0 Å². The number of aromatic nitrogens is 4. The first-order valence-electron chi connectivity index (χ1n) is 12.3. The van der Waals surface area contributed by atoms with Gasteiger partial charge in [-0.1, -0.05) is 0 Å². The van der Waals surface area contributed by atoms with Gasteiger partial charge in [0.1, 0.15) is 17.5 Å². The number of esters is 1. The minimum absolute atomic E-state index is 0.205. The molecule has 10 nitrogen and oxygen atoms in total. The molecule has 1 N–H and O–H groups in total. The molecule has 1 fully saturated rings. The van der Waals surface area contributed by atoms with Crippen LogP contribution in [0.1, 0.15) is 49.7 Å². The number of pyridine rings is 3. The molecular weight excluding hydrogens is 486 g/mol. The van der Waals surface area contributed by atoms with Gasteiger partial charge in [0.2, 0.25) is 5.88 Å². The summed E-state index contributed by atoms with van der Waals surface area (Å²) < 4.78 is 16.3. The molecule has 0 atom stereocenters. The van der Waals surface area contributed by atoms with Gasteiger partial charge in [0, 0.05) is 41.2 Å². The fourth-order valence-corrected chi connectivity index (χ4v) is 4.04. The van der Waals surface area contributed by atoms with Crippen LogP contribution in [-0.2, 0) is 9.47 Å². The maximum absolute atomic E-state index is 13.3. The van der Waals surface area contributed by atoms with E-state index in [1.165, 1.54) is 12.0 Å². The first-order valence-corrected chi connectivity index (χ1v) is 12.3. The number of aryl methyl sites for hydroxylation is 1. The van der Waals surface area contributed by atoms with Crippen LogP contribution in [0.3, 0.4) is 0 Å². The quantitative estimate of drug-likeness (QED) is 0.323. The van der Waals surface area contributed by atoms with Gasteiger partial charge in [-0.2, -0.15) is 0 Å². The van der Waals surface area contributed by atoms with E-state index in [2.05, 4.69) is 19.9 Å². The second kappa shape index (κ2) is 9.77. The molecule has 4 heterocycles. The number of amides is 1. The van der Waals surface area contributed by atoms with Gasteiger partial charge >= 0.3 is 12.1 Å². The molecule has 0 radical (unpaired) electrons. The SMILES string of the molecule is COC(=O)c1nccc2c(-c3cnc(N(C(=O)OC(C)(C)C)c4ccc(OC5CC5)nc4)cc3C)c[nH]c12. The molecule has 0 unspecified atom stereocenters. The number of ether oxygens (including phenoxy) is 3. The number of aromatic amines is 1. The van der Waals surface area contributed by atoms with Crippen LogP contribution in [-0.4, -0.2) is 50.8 Å². The van der Waals surface area contributed by atoms with Gasteiger partial charge in [0.05, 0.1) is 24.5 Å². The monoisotopic (exact) mass is 515 g/mol. The summed E-state index contributed by atoms with van der Waals surface area (Å²) in [6.07, 6.45) is 8.34. The second-order valence-electron chi connectivity index (χ2n) is 10.1. The molecule has 38 heavy (non-hydrogen) atoms. The average Bonchev–Trinajstić information content (AvgIpc) is 3.59. The number of hydrogen-bond donors (Lipinski definition) is 1. The molecule has 0 aromatic carbocycles. The number of nitrogens with zero attached hydrogens (tertiary/aromatic N) is 4. The zero-order valence-corrected chi connectivity index (χ0v) is 21.9. The maximum Gasteiger partial charge on any atom is 0.420 e. The van der Waals surface area contributed by atoms with Crippen LogP contribution in [0.5, 0.6) is 5.88 Å². The highest BCUT2D eigenvalue weighted by Gasteiger charge is 2.28. The zero-order chi connectivity index (χ0) is 27.0. The predicted octanol–water partition coefficient (Wildman–Crippen LogP) is 5.73. The zero-order valence-electron chi connectivity index (χ0n) is 21.9. The van der Waals surface area contributed by atoms with Crippen molar-refractivity contribution in [3.05, 3.63) is 60.3 Å². The third-order valence-electron chi connectivity index (χ3n) is 5.96. The van der Waals surface area contributed by atoms with Crippen LogP contribution >= 0.6 is 0 Å². The first-order chi connectivity index (χ1) is 18.1. The molecule has 1 aliphatic rings. The Kier molecular flexibility index (Phi) is 6.48. The van der Waals surface area contributed by atoms with Gasteiger partial charge in [-0.25, -0.2) is 29.4 Å². The molecule has 0 bridgehead atoms. The van der Waals surface area contributed by atoms with Gasteiger partial charge < -0.3 is 19.2 Å². The maximum atomic E-state index is 13.3. The second-order valence-corrected chi connectivity index (χ2v) is 10.1. The minimum atomic E-state index is -0.706. The van der Waals surface area contributed by atoms with Crippen molar-refractivity contribution in [2.75, 3.05) is 12.0 Å². The Balaban J connectivity index is 1.52. The number of hydrogen-bond acceptors (Lipinski definition) is 8. The number of nitrogens with one attached hydrogen (secondary N) is 1. The highest BCUT2D eigenvalue weighted by atomic mass is 16.6. The van der Waals surface area contributed by atoms with Crippen molar-refractivity contribution in [3.8, 4) is 17.0 Å². The van der Waals surface area contributed by atoms with Crippen molar-refractivity contribution >= 4 is 34.5 Å². The Morgan fingerprint density at radius 1 is 1.05 bits per heavy atom. The molecule has 0 spiro atoms. The molecule has 10 heteroatoms. The Morgan fingerprint density at radius 3 is 2.47 bits per heavy atom. The van der Waals surface area contributed by atoms with Crippen LogP contribution in [0.25, 0.3) is 22.0 Å². The molecule has 1 aliphatic carbocycles. The lowest BCUT2D eigenvalue weighted by molar-refractivity contribution is 0.0587. The molecule has 5 rings (SSSR count). The average molecular weight is 516 g/mol. The molecule has 4 aromatic rings. The van der Waals surface area contributed by atoms with Crippen molar-refractivity contribution < 1.29 is 23.8 Å². The smallest absolute Gasteiger partial charge is 0.420 e. The van der Waals surface area contributed by atoms with Gasteiger partial charge in [0.25, 0.3) is 0 Å². The van der Waals surface area contributed by atoms with Gasteiger partial charge in [-0.3, -0.25) is 0 Å². The summed E-state index contributed by atoms with van der Waals surface area (Å²) in [6.45, 7) is 7.36. The van der Waals surface area contributed by atoms with E-state index in [1.807, 2.05) is 39.8 Å². The number of carbonyl (C=O) groups excluding carboxylic acids is 2. The van der Waals surface area contributed by atoms with E-state index in [0.29, 0.717) is 22.9 Å². The highest BCUT2D eigenvalue weighted by molar-refractivity contribution is 6.06. The molecule has 0 saturated heterocycles. The number of anilines is 2. The normalized spacial score (nSPS) is 13.3. The molecule has 196 valence electrons. The Hall–Kier alpha value is -4.47. The van der Waals surface area contributed by atoms with E-state index in [4.69, 9.17) is 14.2 Å². The van der Waals surface area contributed by atoms with E-state index in [9.17, 15) is 9.59 Å². The van der Waals surface area contributed by atoms with E-state index < -0.39 is 17.7 Å². The summed E-state index contributed by atoms with van der Waals surface area (Å²) in [5, 5.41) is 0.803. The number of carbonyl (C=O) groups is 2. The Labute approximate surface area is 220 Å². The van der Waals surface area contributed by atoms with Crippen LogP contribution in [0.2, 0.25) is 0 Å². The fourth-order valence-electron chi connectivity index (χ4n) is 4.04.